The SMILES string of the molecule is Cc1ccc(C(C)N(C)C(=O)CCc2ncc(-c3ccc(F)cc3F)o2)cc1. The van der Waals surface area contributed by atoms with E-state index < -0.39 is 11.6 Å². The molecule has 0 spiro atoms. The Labute approximate surface area is 162 Å². The average molecular weight is 384 g/mol. The fourth-order valence-corrected chi connectivity index (χ4v) is 2.91. The number of carbonyl (C=O) groups excluding carboxylic acids is 1. The molecule has 1 heterocycles. The Kier molecular flexibility index (Phi) is 5.87. The molecule has 0 aliphatic heterocycles. The van der Waals surface area contributed by atoms with Crippen molar-refractivity contribution in [3.05, 3.63) is 77.3 Å². The second-order valence-electron chi connectivity index (χ2n) is 6.83. The van der Waals surface area contributed by atoms with Gasteiger partial charge in [-0.15, -0.1) is 0 Å². The minimum atomic E-state index is -0.717. The monoisotopic (exact) mass is 384 g/mol. The van der Waals surface area contributed by atoms with Crippen molar-refractivity contribution in [1.29, 1.82) is 0 Å². The quantitative estimate of drug-likeness (QED) is 0.595. The molecule has 0 saturated heterocycles. The van der Waals surface area contributed by atoms with Gasteiger partial charge in [0.05, 0.1) is 17.8 Å². The van der Waals surface area contributed by atoms with Crippen LogP contribution in [0.15, 0.2) is 53.1 Å². The molecule has 28 heavy (non-hydrogen) atoms. The molecule has 1 atom stereocenters. The van der Waals surface area contributed by atoms with Crippen molar-refractivity contribution in [2.75, 3.05) is 7.05 Å². The number of hydrogen-bond donors (Lipinski definition) is 0. The fraction of sp³-hybridized carbons (Fsp3) is 0.273. The number of aryl methyl sites for hydroxylation is 2. The zero-order valence-electron chi connectivity index (χ0n) is 16.1. The van der Waals surface area contributed by atoms with Crippen molar-refractivity contribution in [2.45, 2.75) is 32.7 Å². The zero-order valence-corrected chi connectivity index (χ0v) is 16.1. The molecule has 0 fully saturated rings. The molecule has 0 aliphatic rings. The highest BCUT2D eigenvalue weighted by Crippen LogP contribution is 2.25. The molecule has 4 nitrogen and oxygen atoms in total. The minimum Gasteiger partial charge on any atom is -0.441 e. The summed E-state index contributed by atoms with van der Waals surface area (Å²) in [7, 11) is 1.77. The summed E-state index contributed by atoms with van der Waals surface area (Å²) in [4.78, 5) is 18.3. The highest BCUT2D eigenvalue weighted by atomic mass is 19.1. The van der Waals surface area contributed by atoms with Gasteiger partial charge in [-0.2, -0.15) is 0 Å². The standard InChI is InChI=1S/C22H22F2N2O2/c1-14-4-6-16(7-5-14)15(2)26(3)22(27)11-10-21-25-13-20(28-21)18-9-8-17(23)12-19(18)24/h4-9,12-13,15H,10-11H2,1-3H3. The van der Waals surface area contributed by atoms with Crippen LogP contribution in [0.2, 0.25) is 0 Å². The number of halogens is 2. The molecule has 0 radical (unpaired) electrons. The highest BCUT2D eigenvalue weighted by molar-refractivity contribution is 5.76. The van der Waals surface area contributed by atoms with E-state index in [0.717, 1.165) is 17.7 Å². The van der Waals surface area contributed by atoms with E-state index in [-0.39, 0.29) is 29.7 Å². The molecule has 0 saturated carbocycles. The summed E-state index contributed by atoms with van der Waals surface area (Å²) in [6, 6.07) is 11.3. The van der Waals surface area contributed by atoms with Crippen molar-refractivity contribution in [2.24, 2.45) is 0 Å². The van der Waals surface area contributed by atoms with Crippen LogP contribution in [0.25, 0.3) is 11.3 Å². The van der Waals surface area contributed by atoms with Crippen LogP contribution in [0.5, 0.6) is 0 Å². The second kappa shape index (κ2) is 8.33. The van der Waals surface area contributed by atoms with Crippen LogP contribution >= 0.6 is 0 Å². The van der Waals surface area contributed by atoms with Gasteiger partial charge in [0, 0.05) is 26.0 Å². The molecule has 2 aromatic carbocycles. The molecular weight excluding hydrogens is 362 g/mol. The van der Waals surface area contributed by atoms with Gasteiger partial charge >= 0.3 is 0 Å². The van der Waals surface area contributed by atoms with Crippen LogP contribution in [0.3, 0.4) is 0 Å². The van der Waals surface area contributed by atoms with Gasteiger partial charge in [0.1, 0.15) is 11.6 Å². The Morgan fingerprint density at radius 3 is 2.57 bits per heavy atom. The molecule has 3 aromatic rings. The molecule has 3 rings (SSSR count). The Bertz CT molecular complexity index is 967. The molecular formula is C22H22F2N2O2. The first kappa shape index (κ1) is 19.7. The molecule has 1 aromatic heterocycles. The summed E-state index contributed by atoms with van der Waals surface area (Å²) < 4.78 is 32.4. The summed E-state index contributed by atoms with van der Waals surface area (Å²) in [6.45, 7) is 3.99. The van der Waals surface area contributed by atoms with Gasteiger partial charge in [-0.1, -0.05) is 29.8 Å². The number of carbonyl (C=O) groups is 1. The van der Waals surface area contributed by atoms with E-state index in [1.54, 1.807) is 11.9 Å². The average Bonchev–Trinajstić information content (AvgIpc) is 3.14. The van der Waals surface area contributed by atoms with Crippen LogP contribution in [-0.4, -0.2) is 22.8 Å². The molecule has 0 N–H and O–H groups in total. The molecule has 0 bridgehead atoms. The van der Waals surface area contributed by atoms with Crippen molar-refractivity contribution in [3.63, 3.8) is 0 Å². The van der Waals surface area contributed by atoms with Crippen LogP contribution in [0, 0.1) is 18.6 Å². The van der Waals surface area contributed by atoms with Gasteiger partial charge in [0.15, 0.2) is 11.7 Å². The minimum absolute atomic E-state index is 0.0409. The Morgan fingerprint density at radius 1 is 1.18 bits per heavy atom. The lowest BCUT2D eigenvalue weighted by molar-refractivity contribution is -0.131. The van der Waals surface area contributed by atoms with E-state index in [4.69, 9.17) is 4.42 Å². The Morgan fingerprint density at radius 2 is 1.89 bits per heavy atom. The van der Waals surface area contributed by atoms with E-state index in [9.17, 15) is 13.6 Å². The number of rotatable bonds is 6. The number of oxazole rings is 1. The number of benzene rings is 2. The first-order valence-corrected chi connectivity index (χ1v) is 9.07. The van der Waals surface area contributed by atoms with Gasteiger partial charge < -0.3 is 9.32 Å². The molecule has 6 heteroatoms. The number of aromatic nitrogens is 1. The molecule has 0 aliphatic carbocycles. The van der Waals surface area contributed by atoms with Gasteiger partial charge in [-0.25, -0.2) is 13.8 Å². The summed E-state index contributed by atoms with van der Waals surface area (Å²) in [5.74, 6) is -0.867. The third-order valence-electron chi connectivity index (χ3n) is 4.84. The van der Waals surface area contributed by atoms with Crippen molar-refractivity contribution in [3.8, 4) is 11.3 Å². The van der Waals surface area contributed by atoms with Crippen molar-refractivity contribution >= 4 is 5.91 Å². The third-order valence-corrected chi connectivity index (χ3v) is 4.84. The number of nitrogens with zero attached hydrogens (tertiary/aromatic N) is 2. The summed E-state index contributed by atoms with van der Waals surface area (Å²) >= 11 is 0. The van der Waals surface area contributed by atoms with E-state index in [1.807, 2.05) is 38.1 Å². The normalized spacial score (nSPS) is 12.0. The predicted molar refractivity (Wildman–Crippen MR) is 103 cm³/mol. The highest BCUT2D eigenvalue weighted by Gasteiger charge is 2.18. The van der Waals surface area contributed by atoms with Crippen LogP contribution in [0.4, 0.5) is 8.78 Å². The molecule has 146 valence electrons. The fourth-order valence-electron chi connectivity index (χ4n) is 2.91. The van der Waals surface area contributed by atoms with Crippen LogP contribution in [0.1, 0.15) is 36.4 Å². The lowest BCUT2D eigenvalue weighted by Crippen LogP contribution is -2.29. The van der Waals surface area contributed by atoms with Crippen molar-refractivity contribution in [1.82, 2.24) is 9.88 Å². The lowest BCUT2D eigenvalue weighted by atomic mass is 10.1. The number of amides is 1. The number of hydrogen-bond acceptors (Lipinski definition) is 3. The third kappa shape index (κ3) is 4.44. The van der Waals surface area contributed by atoms with E-state index in [1.165, 1.54) is 17.8 Å². The van der Waals surface area contributed by atoms with Gasteiger partial charge in [0.2, 0.25) is 5.91 Å². The Balaban J connectivity index is 1.61. The summed E-state index contributed by atoms with van der Waals surface area (Å²) in [5.41, 5.74) is 2.37. The molecule has 1 amide bonds. The summed E-state index contributed by atoms with van der Waals surface area (Å²) in [5, 5.41) is 0. The zero-order chi connectivity index (χ0) is 20.3. The van der Waals surface area contributed by atoms with Crippen molar-refractivity contribution < 1.29 is 18.0 Å². The summed E-state index contributed by atoms with van der Waals surface area (Å²) in [6.07, 6.45) is 1.90. The van der Waals surface area contributed by atoms with Crippen LogP contribution < -0.4 is 0 Å². The topological polar surface area (TPSA) is 46.3 Å². The Hall–Kier alpha value is -3.02. The maximum Gasteiger partial charge on any atom is 0.223 e. The van der Waals surface area contributed by atoms with Gasteiger partial charge in [0.25, 0.3) is 0 Å². The molecule has 1 unspecified atom stereocenters. The first-order chi connectivity index (χ1) is 13.3. The van der Waals surface area contributed by atoms with E-state index in [2.05, 4.69) is 4.98 Å². The van der Waals surface area contributed by atoms with Crippen LogP contribution in [-0.2, 0) is 11.2 Å². The van der Waals surface area contributed by atoms with E-state index in [0.29, 0.717) is 12.3 Å². The van der Waals surface area contributed by atoms with Gasteiger partial charge in [-0.3, -0.25) is 4.79 Å². The maximum atomic E-state index is 13.9. The second-order valence-corrected chi connectivity index (χ2v) is 6.83. The van der Waals surface area contributed by atoms with Gasteiger partial charge in [-0.05, 0) is 31.5 Å². The first-order valence-electron chi connectivity index (χ1n) is 9.07. The maximum absolute atomic E-state index is 13.9. The smallest absolute Gasteiger partial charge is 0.223 e. The van der Waals surface area contributed by atoms with E-state index >= 15 is 0 Å². The predicted octanol–water partition coefficient (Wildman–Crippen LogP) is 5.08. The lowest BCUT2D eigenvalue weighted by Gasteiger charge is -2.25. The largest absolute Gasteiger partial charge is 0.441 e.